The lowest BCUT2D eigenvalue weighted by atomic mass is 9.98. The predicted octanol–water partition coefficient (Wildman–Crippen LogP) is -2.56. The van der Waals surface area contributed by atoms with E-state index in [0.717, 1.165) is 0 Å². The lowest BCUT2D eigenvalue weighted by Crippen LogP contribution is -2.62. The molecular formula is C7H13O7P2+. The maximum Gasteiger partial charge on any atom is 0.264 e. The van der Waals surface area contributed by atoms with Gasteiger partial charge in [0.05, 0.1) is 0 Å². The van der Waals surface area contributed by atoms with Crippen LogP contribution in [0.15, 0.2) is 0 Å². The molecule has 0 amide bonds. The Bertz CT molecular complexity index is 328. The maximum atomic E-state index is 11.0. The van der Waals surface area contributed by atoms with Crippen LogP contribution in [0, 0.1) is 0 Å². The molecule has 2 aliphatic rings. The monoisotopic (exact) mass is 271 g/mol. The molecule has 0 spiro atoms. The number of hydrogen-bond acceptors (Lipinski definition) is 7. The molecule has 0 aromatic carbocycles. The van der Waals surface area contributed by atoms with E-state index in [4.69, 9.17) is 4.74 Å². The predicted molar refractivity (Wildman–Crippen MR) is 57.2 cm³/mol. The molecule has 0 saturated carbocycles. The van der Waals surface area contributed by atoms with E-state index in [2.05, 4.69) is 8.93 Å². The van der Waals surface area contributed by atoms with Gasteiger partial charge in [0.25, 0.3) is 11.8 Å². The Labute approximate surface area is 93.5 Å². The second-order valence-corrected chi connectivity index (χ2v) is 9.74. The Morgan fingerprint density at radius 2 is 1.81 bits per heavy atom. The van der Waals surface area contributed by atoms with Gasteiger partial charge in [0.1, 0.15) is 18.3 Å². The van der Waals surface area contributed by atoms with Gasteiger partial charge in [0.15, 0.2) is 6.95 Å². The average molecular weight is 271 g/mol. The third-order valence-corrected chi connectivity index (χ3v) is 8.08. The zero-order chi connectivity index (χ0) is 12.3. The molecule has 2 fully saturated rings. The molecule has 0 aromatic heterocycles. The lowest BCUT2D eigenvalue weighted by Gasteiger charge is -2.36. The number of ether oxygens (including phenoxy) is 1. The van der Waals surface area contributed by atoms with Crippen molar-refractivity contribution in [2.24, 2.45) is 0 Å². The summed E-state index contributed by atoms with van der Waals surface area (Å²) in [6, 6.07) is 0.416. The van der Waals surface area contributed by atoms with Crippen LogP contribution >= 0.6 is 15.9 Å². The summed E-state index contributed by atoms with van der Waals surface area (Å²) in [5.41, 5.74) is 0. The fraction of sp³-hybridized carbons (Fsp3) is 0.857. The van der Waals surface area contributed by atoms with E-state index in [-0.39, 0.29) is 0 Å². The topological polar surface area (TPSA) is 127 Å². The van der Waals surface area contributed by atoms with Crippen molar-refractivity contribution >= 4 is 21.9 Å². The largest absolute Gasteiger partial charge is 0.387 e. The van der Waals surface area contributed by atoms with Crippen molar-refractivity contribution in [3.05, 3.63) is 0 Å². The molecular weight excluding hydrogens is 258 g/mol. The van der Waals surface area contributed by atoms with E-state index in [9.17, 15) is 30.3 Å². The zero-order valence-electron chi connectivity index (χ0n) is 8.04. The van der Waals surface area contributed by atoms with Gasteiger partial charge in [0.2, 0.25) is 11.7 Å². The van der Waals surface area contributed by atoms with Gasteiger partial charge in [-0.05, 0) is 0 Å². The van der Waals surface area contributed by atoms with Crippen LogP contribution in [-0.4, -0.2) is 67.3 Å². The summed E-state index contributed by atoms with van der Waals surface area (Å²) in [5, 5.41) is 48.4. The fourth-order valence-electron chi connectivity index (χ4n) is 2.08. The second kappa shape index (κ2) is 3.64. The molecule has 4 unspecified atom stereocenters. The molecule has 2 heterocycles. The summed E-state index contributed by atoms with van der Waals surface area (Å²) in [5.74, 6) is -5.23. The number of hydrogen-bond donors (Lipinski definition) is 5. The molecule has 0 radical (unpaired) electrons. The van der Waals surface area contributed by atoms with Crippen molar-refractivity contribution in [2.45, 2.75) is 35.8 Å². The van der Waals surface area contributed by atoms with Gasteiger partial charge >= 0.3 is 0 Å². The van der Waals surface area contributed by atoms with Crippen LogP contribution < -0.4 is 0 Å². The van der Waals surface area contributed by atoms with Crippen molar-refractivity contribution in [3.8, 4) is 0 Å². The minimum atomic E-state index is -2.94. The van der Waals surface area contributed by atoms with Crippen LogP contribution in [0.25, 0.3) is 0 Å². The number of carbonyl (C=O) groups is 1. The smallest absolute Gasteiger partial charge is 0.264 e. The molecule has 2 aliphatic heterocycles. The van der Waals surface area contributed by atoms with Crippen molar-refractivity contribution in [2.75, 3.05) is 0 Å². The Kier molecular flexibility index (Phi) is 2.90. The van der Waals surface area contributed by atoms with Crippen LogP contribution in [0.3, 0.4) is 0 Å². The van der Waals surface area contributed by atoms with E-state index < -0.39 is 42.7 Å². The van der Waals surface area contributed by atoms with Crippen molar-refractivity contribution in [3.63, 3.8) is 0 Å². The van der Waals surface area contributed by atoms with Gasteiger partial charge < -0.3 is 25.5 Å². The van der Waals surface area contributed by atoms with E-state index >= 15 is 0 Å². The summed E-state index contributed by atoms with van der Waals surface area (Å²) in [4.78, 5) is 11.0. The Morgan fingerprint density at radius 3 is 2.31 bits per heavy atom. The summed E-state index contributed by atoms with van der Waals surface area (Å²) in [6.45, 7) is -2.94. The van der Waals surface area contributed by atoms with Crippen molar-refractivity contribution in [1.82, 2.24) is 0 Å². The first-order chi connectivity index (χ1) is 7.29. The van der Waals surface area contributed by atoms with Crippen molar-refractivity contribution in [1.29, 1.82) is 0 Å². The normalized spacial score (nSPS) is 61.0. The summed E-state index contributed by atoms with van der Waals surface area (Å²) >= 11 is 0. The molecule has 2 rings (SSSR count). The number of carbonyl (C=O) groups excluding carboxylic acids is 1. The van der Waals surface area contributed by atoms with Crippen molar-refractivity contribution < 1.29 is 35.1 Å². The first kappa shape index (κ1) is 12.7. The quantitative estimate of drug-likeness (QED) is 0.262. The molecule has 7 nitrogen and oxygen atoms in total. The highest BCUT2D eigenvalue weighted by molar-refractivity contribution is 8.32. The first-order valence-electron chi connectivity index (χ1n) is 4.54. The minimum Gasteiger partial charge on any atom is -0.387 e. The highest BCUT2D eigenvalue weighted by atomic mass is 32.1. The van der Waals surface area contributed by atoms with Crippen LogP contribution in [0.1, 0.15) is 0 Å². The molecule has 2 bridgehead atoms. The zero-order valence-corrected chi connectivity index (χ0v) is 10.1. The van der Waals surface area contributed by atoms with Crippen LogP contribution in [0.4, 0.5) is 0 Å². The van der Waals surface area contributed by atoms with Gasteiger partial charge in [-0.1, -0.05) is 0 Å². The third kappa shape index (κ3) is 1.29. The average Bonchev–Trinajstić information content (AvgIpc) is 2.46. The molecule has 0 aliphatic carbocycles. The number of aliphatic hydroxyl groups is 5. The Morgan fingerprint density at radius 1 is 1.25 bits per heavy atom. The fourth-order valence-corrected chi connectivity index (χ4v) is 5.86. The van der Waals surface area contributed by atoms with Gasteiger partial charge in [-0.25, -0.2) is 0 Å². The van der Waals surface area contributed by atoms with Gasteiger partial charge in [-0.3, -0.25) is 9.53 Å². The van der Waals surface area contributed by atoms with Gasteiger partial charge in [-0.15, -0.1) is 0 Å². The lowest BCUT2D eigenvalue weighted by molar-refractivity contribution is -0.333. The number of rotatable bonds is 1. The summed E-state index contributed by atoms with van der Waals surface area (Å²) in [7, 11) is 2.09. The van der Waals surface area contributed by atoms with E-state index in [0.29, 0.717) is 6.03 Å². The van der Waals surface area contributed by atoms with E-state index in [1.807, 2.05) is 0 Å². The van der Waals surface area contributed by atoms with E-state index in [1.54, 1.807) is 0 Å². The molecule has 9 heteroatoms. The number of fused-ring (bicyclic) bond motifs is 2. The first-order valence-corrected chi connectivity index (χ1v) is 8.16. The SMILES string of the molecule is O=C[P+]1(P)C2O[C@@](O)(C1O)[C@@H](O)[C@H](O)[C@@H]2O. The molecule has 5 N–H and O–H groups in total. The Hall–Kier alpha value is 0.290. The highest BCUT2D eigenvalue weighted by Crippen LogP contribution is 2.79. The van der Waals surface area contributed by atoms with Gasteiger partial charge in [-0.2, -0.15) is 0 Å². The molecule has 92 valence electrons. The summed E-state index contributed by atoms with van der Waals surface area (Å²) in [6.07, 6.45) is -5.06. The van der Waals surface area contributed by atoms with Crippen LogP contribution in [-0.2, 0) is 9.53 Å². The number of aliphatic hydroxyl groups excluding tert-OH is 4. The molecule has 2 saturated heterocycles. The maximum absolute atomic E-state index is 11.0. The molecule has 8 atom stereocenters. The minimum absolute atomic E-state index is 0.416. The summed E-state index contributed by atoms with van der Waals surface area (Å²) < 4.78 is 4.94. The van der Waals surface area contributed by atoms with Crippen LogP contribution in [0.5, 0.6) is 0 Å². The Balaban J connectivity index is 2.50. The standard InChI is InChI=1S/C7H13O7P2/c8-1-16(15)5-3(10)2(9)4(11)7(13,14-5)6(16)12/h1-6,9-13H,15H2/q+1/t2-,3+,4+,5?,6?,7-,16?/m1/s1. The third-order valence-electron chi connectivity index (χ3n) is 3.12. The van der Waals surface area contributed by atoms with Gasteiger partial charge in [0, 0.05) is 8.93 Å². The second-order valence-electron chi connectivity index (χ2n) is 4.06. The molecule has 16 heavy (non-hydrogen) atoms. The molecule has 0 aromatic rings. The highest BCUT2D eigenvalue weighted by Gasteiger charge is 2.77. The van der Waals surface area contributed by atoms with E-state index in [1.165, 1.54) is 0 Å². The van der Waals surface area contributed by atoms with Crippen LogP contribution in [0.2, 0.25) is 0 Å².